The molecule has 1 aromatic heterocycles. The van der Waals surface area contributed by atoms with Gasteiger partial charge in [-0.05, 0) is 27.7 Å². The Morgan fingerprint density at radius 2 is 1.94 bits per heavy atom. The molecule has 1 heterocycles. The van der Waals surface area contributed by atoms with E-state index in [1.165, 1.54) is 10.9 Å². The number of carbonyl (C=O) groups excluding carboxylic acids is 1. The van der Waals surface area contributed by atoms with Gasteiger partial charge >= 0.3 is 0 Å². The third-order valence-electron chi connectivity index (χ3n) is 2.16. The predicted octanol–water partition coefficient (Wildman–Crippen LogP) is 2.54. The van der Waals surface area contributed by atoms with Crippen molar-refractivity contribution in [3.05, 3.63) is 17.5 Å². The van der Waals surface area contributed by atoms with Crippen molar-refractivity contribution in [1.29, 1.82) is 0 Å². The van der Waals surface area contributed by atoms with Gasteiger partial charge in [-0.2, -0.15) is 5.10 Å². The van der Waals surface area contributed by atoms with E-state index in [4.69, 9.17) is 0 Å². The minimum absolute atomic E-state index is 0.0533. The number of nitrogens with zero attached hydrogens (tertiary/aromatic N) is 2. The maximum Gasteiger partial charge on any atom is 0.282 e. The van der Waals surface area contributed by atoms with Crippen LogP contribution in [0.15, 0.2) is 6.20 Å². The zero-order valence-electron chi connectivity index (χ0n) is 10.4. The number of hydrogen-bond acceptors (Lipinski definition) is 2. The van der Waals surface area contributed by atoms with Crippen molar-refractivity contribution >= 4 is 5.91 Å². The summed E-state index contributed by atoms with van der Waals surface area (Å²) in [5.41, 5.74) is -0.515. The molecule has 4 nitrogen and oxygen atoms in total. The highest BCUT2D eigenvalue weighted by molar-refractivity contribution is 5.95. The summed E-state index contributed by atoms with van der Waals surface area (Å²) in [6.45, 7) is 7.17. The Bertz CT molecular complexity index is 399. The summed E-state index contributed by atoms with van der Waals surface area (Å²) in [6, 6.07) is -0.163. The molecule has 0 saturated carbocycles. The Kier molecular flexibility index (Phi) is 4.20. The van der Waals surface area contributed by atoms with Gasteiger partial charge in [-0.1, -0.05) is 0 Å². The Hall–Kier alpha value is -1.46. The van der Waals surface area contributed by atoms with E-state index in [0.29, 0.717) is 0 Å². The topological polar surface area (TPSA) is 46.9 Å². The smallest absolute Gasteiger partial charge is 0.282 e. The van der Waals surface area contributed by atoms with E-state index in [1.807, 2.05) is 13.8 Å². The van der Waals surface area contributed by atoms with Gasteiger partial charge in [-0.25, -0.2) is 8.78 Å². The summed E-state index contributed by atoms with van der Waals surface area (Å²) in [4.78, 5) is 11.7. The Labute approximate surface area is 99.0 Å². The number of hydrogen-bond donors (Lipinski definition) is 1. The summed E-state index contributed by atoms with van der Waals surface area (Å²) in [5.74, 6) is -0.512. The lowest BCUT2D eigenvalue weighted by atomic mass is 10.2. The fourth-order valence-corrected chi connectivity index (χ4v) is 1.35. The summed E-state index contributed by atoms with van der Waals surface area (Å²) in [7, 11) is 0. The first-order chi connectivity index (χ1) is 7.82. The van der Waals surface area contributed by atoms with Gasteiger partial charge in [-0.3, -0.25) is 9.48 Å². The predicted molar refractivity (Wildman–Crippen MR) is 60.2 cm³/mol. The van der Waals surface area contributed by atoms with Crippen LogP contribution in [0.4, 0.5) is 8.78 Å². The molecule has 0 atom stereocenters. The van der Waals surface area contributed by atoms with E-state index < -0.39 is 18.0 Å². The van der Waals surface area contributed by atoms with Crippen molar-refractivity contribution in [2.24, 2.45) is 0 Å². The summed E-state index contributed by atoms with van der Waals surface area (Å²) in [6.07, 6.45) is -1.38. The van der Waals surface area contributed by atoms with E-state index >= 15 is 0 Å². The third-order valence-corrected chi connectivity index (χ3v) is 2.16. The Morgan fingerprint density at radius 1 is 1.35 bits per heavy atom. The number of aromatic nitrogens is 2. The lowest BCUT2D eigenvalue weighted by molar-refractivity contribution is 0.0928. The Morgan fingerprint density at radius 3 is 2.35 bits per heavy atom. The molecule has 0 aliphatic carbocycles. The van der Waals surface area contributed by atoms with Crippen LogP contribution in [0.25, 0.3) is 0 Å². The van der Waals surface area contributed by atoms with Crippen LogP contribution in [0, 0.1) is 0 Å². The summed E-state index contributed by atoms with van der Waals surface area (Å²) >= 11 is 0. The fourth-order valence-electron chi connectivity index (χ4n) is 1.35. The average Bonchev–Trinajstić information content (AvgIpc) is 2.60. The molecule has 6 heteroatoms. The third kappa shape index (κ3) is 3.25. The van der Waals surface area contributed by atoms with Crippen molar-refractivity contribution in [3.8, 4) is 0 Å². The minimum atomic E-state index is -2.75. The molecule has 1 aromatic rings. The molecule has 1 N–H and O–H groups in total. The van der Waals surface area contributed by atoms with Crippen LogP contribution in [0.1, 0.15) is 56.2 Å². The number of amides is 1. The summed E-state index contributed by atoms with van der Waals surface area (Å²) < 4.78 is 26.9. The molecule has 1 rings (SSSR count). The molecular formula is C11H17F2N3O. The van der Waals surface area contributed by atoms with Gasteiger partial charge in [0.25, 0.3) is 12.3 Å². The highest BCUT2D eigenvalue weighted by Crippen LogP contribution is 2.22. The molecule has 0 bridgehead atoms. The maximum absolute atomic E-state index is 12.7. The van der Waals surface area contributed by atoms with Gasteiger partial charge in [0, 0.05) is 18.3 Å². The second-order valence-corrected chi connectivity index (χ2v) is 4.43. The van der Waals surface area contributed by atoms with Crippen molar-refractivity contribution in [3.63, 3.8) is 0 Å². The maximum atomic E-state index is 12.7. The van der Waals surface area contributed by atoms with Crippen LogP contribution in [-0.2, 0) is 0 Å². The molecule has 0 aliphatic heterocycles. The SMILES string of the molecule is CC(C)NC(=O)c1cn(C(C)C)nc1C(F)F. The number of alkyl halides is 2. The molecule has 96 valence electrons. The number of nitrogens with one attached hydrogen (secondary N) is 1. The Balaban J connectivity index is 3.08. The molecule has 0 aromatic carbocycles. The fraction of sp³-hybridized carbons (Fsp3) is 0.636. The first-order valence-electron chi connectivity index (χ1n) is 5.51. The van der Waals surface area contributed by atoms with Crippen molar-refractivity contribution < 1.29 is 13.6 Å². The van der Waals surface area contributed by atoms with E-state index in [1.54, 1.807) is 13.8 Å². The van der Waals surface area contributed by atoms with E-state index in [0.717, 1.165) is 0 Å². The zero-order chi connectivity index (χ0) is 13.2. The second-order valence-electron chi connectivity index (χ2n) is 4.43. The average molecular weight is 245 g/mol. The molecule has 0 fully saturated rings. The summed E-state index contributed by atoms with van der Waals surface area (Å²) in [5, 5.41) is 6.32. The monoisotopic (exact) mass is 245 g/mol. The van der Waals surface area contributed by atoms with Crippen LogP contribution in [-0.4, -0.2) is 21.7 Å². The molecule has 0 aliphatic rings. The molecule has 17 heavy (non-hydrogen) atoms. The standard InChI is InChI=1S/C11H17F2N3O/c1-6(2)14-11(17)8-5-16(7(3)4)15-9(8)10(12)13/h5-7,10H,1-4H3,(H,14,17). The zero-order valence-corrected chi connectivity index (χ0v) is 10.4. The van der Waals surface area contributed by atoms with Crippen LogP contribution in [0.3, 0.4) is 0 Å². The first kappa shape index (κ1) is 13.6. The largest absolute Gasteiger partial charge is 0.350 e. The van der Waals surface area contributed by atoms with Crippen molar-refractivity contribution in [2.45, 2.75) is 46.2 Å². The normalized spacial score (nSPS) is 11.6. The van der Waals surface area contributed by atoms with Crippen molar-refractivity contribution in [1.82, 2.24) is 15.1 Å². The second kappa shape index (κ2) is 5.25. The van der Waals surface area contributed by atoms with Crippen molar-refractivity contribution in [2.75, 3.05) is 0 Å². The number of rotatable bonds is 4. The van der Waals surface area contributed by atoms with Crippen LogP contribution >= 0.6 is 0 Å². The molecule has 1 amide bonds. The first-order valence-corrected chi connectivity index (χ1v) is 5.51. The van der Waals surface area contributed by atoms with Gasteiger partial charge in [-0.15, -0.1) is 0 Å². The van der Waals surface area contributed by atoms with Crippen LogP contribution < -0.4 is 5.32 Å². The number of halogens is 2. The highest BCUT2D eigenvalue weighted by Gasteiger charge is 2.24. The van der Waals surface area contributed by atoms with Gasteiger partial charge in [0.1, 0.15) is 5.69 Å². The molecule has 0 unspecified atom stereocenters. The van der Waals surface area contributed by atoms with Gasteiger partial charge in [0.15, 0.2) is 0 Å². The van der Waals surface area contributed by atoms with E-state index in [2.05, 4.69) is 10.4 Å². The van der Waals surface area contributed by atoms with Crippen LogP contribution in [0.2, 0.25) is 0 Å². The van der Waals surface area contributed by atoms with Gasteiger partial charge in [0.2, 0.25) is 0 Å². The molecule has 0 spiro atoms. The number of carbonyl (C=O) groups is 1. The van der Waals surface area contributed by atoms with Crippen LogP contribution in [0.5, 0.6) is 0 Å². The lowest BCUT2D eigenvalue weighted by Crippen LogP contribution is -2.30. The molecule has 0 saturated heterocycles. The molecular weight excluding hydrogens is 228 g/mol. The van der Waals surface area contributed by atoms with Gasteiger partial charge < -0.3 is 5.32 Å². The van der Waals surface area contributed by atoms with Gasteiger partial charge in [0.05, 0.1) is 5.56 Å². The quantitative estimate of drug-likeness (QED) is 0.886. The minimum Gasteiger partial charge on any atom is -0.350 e. The van der Waals surface area contributed by atoms with E-state index in [9.17, 15) is 13.6 Å². The highest BCUT2D eigenvalue weighted by atomic mass is 19.3. The molecule has 0 radical (unpaired) electrons. The lowest BCUT2D eigenvalue weighted by Gasteiger charge is -2.07. The van der Waals surface area contributed by atoms with E-state index in [-0.39, 0.29) is 17.6 Å².